The summed E-state index contributed by atoms with van der Waals surface area (Å²) < 4.78 is 0. The molecule has 1 saturated carbocycles. The Morgan fingerprint density at radius 1 is 1.06 bits per heavy atom. The van der Waals surface area contributed by atoms with Gasteiger partial charge in [-0.15, -0.1) is 0 Å². The first-order valence-electron chi connectivity index (χ1n) is 6.35. The Morgan fingerprint density at radius 3 is 2.44 bits per heavy atom. The Balaban J connectivity index is 1.88. The van der Waals surface area contributed by atoms with Gasteiger partial charge in [-0.1, -0.05) is 6.08 Å². The van der Waals surface area contributed by atoms with Crippen molar-refractivity contribution in [2.45, 2.75) is 50.7 Å². The lowest BCUT2D eigenvalue weighted by molar-refractivity contribution is -0.0355. The molecule has 16 heavy (non-hydrogen) atoms. The number of hydrogen-bond donors (Lipinski definition) is 3. The van der Waals surface area contributed by atoms with Crippen molar-refractivity contribution in [2.75, 3.05) is 6.61 Å². The van der Waals surface area contributed by atoms with Crippen molar-refractivity contribution in [3.63, 3.8) is 0 Å². The maximum Gasteiger partial charge on any atom is 0.0801 e. The normalized spacial score (nSPS) is 40.6. The van der Waals surface area contributed by atoms with Gasteiger partial charge >= 0.3 is 0 Å². The van der Waals surface area contributed by atoms with Crippen LogP contribution in [-0.2, 0) is 0 Å². The lowest BCUT2D eigenvalue weighted by Gasteiger charge is -2.36. The second-order valence-electron chi connectivity index (χ2n) is 5.26. The van der Waals surface area contributed by atoms with Crippen molar-refractivity contribution < 1.29 is 15.3 Å². The second kappa shape index (κ2) is 5.30. The summed E-state index contributed by atoms with van der Waals surface area (Å²) in [7, 11) is 0. The van der Waals surface area contributed by atoms with E-state index in [0.29, 0.717) is 11.8 Å². The van der Waals surface area contributed by atoms with Crippen LogP contribution in [0.25, 0.3) is 0 Å². The maximum atomic E-state index is 9.67. The zero-order chi connectivity index (χ0) is 11.5. The van der Waals surface area contributed by atoms with E-state index < -0.39 is 12.2 Å². The van der Waals surface area contributed by atoms with Gasteiger partial charge < -0.3 is 15.3 Å². The molecule has 0 heterocycles. The fourth-order valence-corrected chi connectivity index (χ4v) is 3.07. The second-order valence-corrected chi connectivity index (χ2v) is 5.26. The van der Waals surface area contributed by atoms with Crippen LogP contribution in [0.5, 0.6) is 0 Å². The van der Waals surface area contributed by atoms with Gasteiger partial charge in [-0.3, -0.25) is 0 Å². The average Bonchev–Trinajstić information content (AvgIpc) is 2.33. The molecule has 0 aromatic rings. The minimum Gasteiger partial charge on any atom is -0.392 e. The SMILES string of the molecule is OCC1=CCC(C2CCC(O)C(O)C2)CC1. The average molecular weight is 226 g/mol. The van der Waals surface area contributed by atoms with Crippen LogP contribution < -0.4 is 0 Å². The molecule has 3 heteroatoms. The summed E-state index contributed by atoms with van der Waals surface area (Å²) in [6.45, 7) is 0.193. The Hall–Kier alpha value is -0.380. The van der Waals surface area contributed by atoms with E-state index in [1.54, 1.807) is 0 Å². The van der Waals surface area contributed by atoms with Gasteiger partial charge in [0.05, 0.1) is 18.8 Å². The third-order valence-electron chi connectivity index (χ3n) is 4.24. The van der Waals surface area contributed by atoms with Crippen LogP contribution in [0, 0.1) is 11.8 Å². The first-order chi connectivity index (χ1) is 7.70. The summed E-state index contributed by atoms with van der Waals surface area (Å²) >= 11 is 0. The summed E-state index contributed by atoms with van der Waals surface area (Å²) in [5.74, 6) is 1.19. The van der Waals surface area contributed by atoms with E-state index in [0.717, 1.165) is 44.1 Å². The Bertz CT molecular complexity index is 262. The van der Waals surface area contributed by atoms with E-state index in [9.17, 15) is 10.2 Å². The van der Waals surface area contributed by atoms with Crippen molar-refractivity contribution in [1.82, 2.24) is 0 Å². The van der Waals surface area contributed by atoms with Gasteiger partial charge in [0.15, 0.2) is 0 Å². The summed E-state index contributed by atoms with van der Waals surface area (Å²) in [6, 6.07) is 0. The highest BCUT2D eigenvalue weighted by molar-refractivity contribution is 5.07. The summed E-state index contributed by atoms with van der Waals surface area (Å²) in [6.07, 6.45) is 6.79. The molecule has 0 aromatic heterocycles. The van der Waals surface area contributed by atoms with Gasteiger partial charge in [0, 0.05) is 0 Å². The third-order valence-corrected chi connectivity index (χ3v) is 4.24. The van der Waals surface area contributed by atoms with Gasteiger partial charge in [-0.2, -0.15) is 0 Å². The smallest absolute Gasteiger partial charge is 0.0801 e. The molecule has 1 fully saturated rings. The molecule has 0 aliphatic heterocycles. The first-order valence-corrected chi connectivity index (χ1v) is 6.35. The number of aliphatic hydroxyl groups is 3. The Morgan fingerprint density at radius 2 is 1.88 bits per heavy atom. The molecular formula is C13H22O3. The minimum absolute atomic E-state index is 0.193. The van der Waals surface area contributed by atoms with Crippen molar-refractivity contribution in [1.29, 1.82) is 0 Å². The monoisotopic (exact) mass is 226 g/mol. The van der Waals surface area contributed by atoms with Gasteiger partial charge in [0.1, 0.15) is 0 Å². The molecule has 0 spiro atoms. The van der Waals surface area contributed by atoms with Crippen molar-refractivity contribution in [3.05, 3.63) is 11.6 Å². The number of hydrogen-bond acceptors (Lipinski definition) is 3. The van der Waals surface area contributed by atoms with Gasteiger partial charge in [0.2, 0.25) is 0 Å². The quantitative estimate of drug-likeness (QED) is 0.621. The largest absolute Gasteiger partial charge is 0.392 e. The molecule has 92 valence electrons. The third kappa shape index (κ3) is 2.65. The zero-order valence-corrected chi connectivity index (χ0v) is 9.68. The lowest BCUT2D eigenvalue weighted by atomic mass is 9.72. The molecule has 0 bridgehead atoms. The van der Waals surface area contributed by atoms with E-state index in [1.165, 1.54) is 0 Å². The first kappa shape index (κ1) is 12.1. The van der Waals surface area contributed by atoms with Gasteiger partial charge in [0.25, 0.3) is 0 Å². The Kier molecular flexibility index (Phi) is 4.00. The maximum absolute atomic E-state index is 9.67. The lowest BCUT2D eigenvalue weighted by Crippen LogP contribution is -2.36. The number of rotatable bonds is 2. The van der Waals surface area contributed by atoms with Crippen LogP contribution in [-0.4, -0.2) is 34.1 Å². The Labute approximate surface area is 96.8 Å². The fourth-order valence-electron chi connectivity index (χ4n) is 3.07. The molecule has 0 radical (unpaired) electrons. The van der Waals surface area contributed by atoms with Crippen LogP contribution in [0.1, 0.15) is 38.5 Å². The highest BCUT2D eigenvalue weighted by atomic mass is 16.3. The number of aliphatic hydroxyl groups excluding tert-OH is 3. The van der Waals surface area contributed by atoms with Crippen molar-refractivity contribution in [3.8, 4) is 0 Å². The molecule has 2 aliphatic carbocycles. The molecule has 2 aliphatic rings. The van der Waals surface area contributed by atoms with Crippen molar-refractivity contribution >= 4 is 0 Å². The molecule has 3 N–H and O–H groups in total. The zero-order valence-electron chi connectivity index (χ0n) is 9.68. The van der Waals surface area contributed by atoms with E-state index in [1.807, 2.05) is 0 Å². The highest BCUT2D eigenvalue weighted by Crippen LogP contribution is 2.37. The van der Waals surface area contributed by atoms with Crippen LogP contribution in [0.3, 0.4) is 0 Å². The van der Waals surface area contributed by atoms with Gasteiger partial charge in [-0.05, 0) is 55.9 Å². The predicted octanol–water partition coefficient (Wildman–Crippen LogP) is 1.23. The number of allylic oxidation sites excluding steroid dienone is 1. The summed E-state index contributed by atoms with van der Waals surface area (Å²) in [5.41, 5.74) is 1.16. The molecule has 3 nitrogen and oxygen atoms in total. The van der Waals surface area contributed by atoms with Crippen LogP contribution >= 0.6 is 0 Å². The predicted molar refractivity (Wildman–Crippen MR) is 61.9 cm³/mol. The standard InChI is InChI=1S/C13H22O3/c14-8-9-1-3-10(4-2-9)11-5-6-12(15)13(16)7-11/h1,10-16H,2-8H2. The van der Waals surface area contributed by atoms with Crippen LogP contribution in [0.4, 0.5) is 0 Å². The molecule has 0 aromatic carbocycles. The molecule has 4 unspecified atom stereocenters. The molecular weight excluding hydrogens is 204 g/mol. The minimum atomic E-state index is -0.526. The van der Waals surface area contributed by atoms with E-state index in [-0.39, 0.29) is 6.61 Å². The fraction of sp³-hybridized carbons (Fsp3) is 0.846. The summed E-state index contributed by atoms with van der Waals surface area (Å²) in [4.78, 5) is 0. The van der Waals surface area contributed by atoms with Gasteiger partial charge in [-0.25, -0.2) is 0 Å². The van der Waals surface area contributed by atoms with Crippen LogP contribution in [0.15, 0.2) is 11.6 Å². The van der Waals surface area contributed by atoms with Crippen molar-refractivity contribution in [2.24, 2.45) is 11.8 Å². The topological polar surface area (TPSA) is 60.7 Å². The molecule has 4 atom stereocenters. The highest BCUT2D eigenvalue weighted by Gasteiger charge is 2.32. The summed E-state index contributed by atoms with van der Waals surface area (Å²) in [5, 5.41) is 28.2. The van der Waals surface area contributed by atoms with E-state index in [2.05, 4.69) is 6.08 Å². The molecule has 0 amide bonds. The van der Waals surface area contributed by atoms with E-state index in [4.69, 9.17) is 5.11 Å². The molecule has 2 rings (SSSR count). The van der Waals surface area contributed by atoms with E-state index >= 15 is 0 Å². The van der Waals surface area contributed by atoms with Crippen LogP contribution in [0.2, 0.25) is 0 Å². The molecule has 0 saturated heterocycles.